The molecule has 5 heteroatoms. The van der Waals surface area contributed by atoms with Crippen LogP contribution in [0.3, 0.4) is 0 Å². The van der Waals surface area contributed by atoms with Gasteiger partial charge in [-0.25, -0.2) is 4.79 Å². The molecule has 4 saturated carbocycles. The summed E-state index contributed by atoms with van der Waals surface area (Å²) in [6.45, 7) is 8.93. The molecule has 8 unspecified atom stereocenters. The summed E-state index contributed by atoms with van der Waals surface area (Å²) in [5.41, 5.74) is 0.777. The summed E-state index contributed by atoms with van der Waals surface area (Å²) >= 11 is 0. The van der Waals surface area contributed by atoms with Gasteiger partial charge in [0.1, 0.15) is 11.8 Å². The van der Waals surface area contributed by atoms with Crippen molar-refractivity contribution >= 4 is 17.7 Å². The Labute approximate surface area is 206 Å². The summed E-state index contributed by atoms with van der Waals surface area (Å²) in [6, 6.07) is -0.562. The van der Waals surface area contributed by atoms with Crippen molar-refractivity contribution < 1.29 is 19.1 Å². The topological polar surface area (TPSA) is 72.5 Å². The molecule has 1 N–H and O–H groups in total. The number of fused-ring (bicyclic) bond motifs is 5. The first-order valence-corrected chi connectivity index (χ1v) is 14.0. The zero-order chi connectivity index (χ0) is 24.7. The molecule has 0 radical (unpaired) electrons. The number of hydrogen-bond donors (Lipinski definition) is 1. The average molecular weight is 474 g/mol. The van der Waals surface area contributed by atoms with E-state index in [1.165, 1.54) is 45.6 Å². The van der Waals surface area contributed by atoms with Crippen molar-refractivity contribution in [3.05, 3.63) is 0 Å². The molecule has 192 valence electrons. The summed E-state index contributed by atoms with van der Waals surface area (Å²) < 4.78 is 4.85. The Bertz CT molecular complexity index is 793. The number of amides is 1. The van der Waals surface area contributed by atoms with Gasteiger partial charge < -0.3 is 10.1 Å². The summed E-state index contributed by atoms with van der Waals surface area (Å²) in [5.74, 6) is 3.87. The Morgan fingerprint density at radius 2 is 1.76 bits per heavy atom. The van der Waals surface area contributed by atoms with Gasteiger partial charge in [-0.1, -0.05) is 27.7 Å². The molecule has 5 nitrogen and oxygen atoms in total. The van der Waals surface area contributed by atoms with E-state index in [4.69, 9.17) is 4.74 Å². The number of ether oxygens (including phenoxy) is 1. The van der Waals surface area contributed by atoms with E-state index in [1.54, 1.807) is 0 Å². The van der Waals surface area contributed by atoms with Gasteiger partial charge in [-0.05, 0) is 104 Å². The Morgan fingerprint density at radius 3 is 2.47 bits per heavy atom. The van der Waals surface area contributed by atoms with Crippen LogP contribution in [0, 0.1) is 46.3 Å². The van der Waals surface area contributed by atoms with E-state index in [0.29, 0.717) is 34.9 Å². The Kier molecular flexibility index (Phi) is 7.51. The highest BCUT2D eigenvalue weighted by Crippen LogP contribution is 2.67. The maximum atomic E-state index is 12.6. The normalized spacial score (nSPS) is 40.2. The molecular weight excluding hydrogens is 426 g/mol. The number of ketones is 1. The van der Waals surface area contributed by atoms with E-state index < -0.39 is 6.04 Å². The highest BCUT2D eigenvalue weighted by Gasteiger charge is 2.59. The van der Waals surface area contributed by atoms with Gasteiger partial charge in [0.2, 0.25) is 5.91 Å². The summed E-state index contributed by atoms with van der Waals surface area (Å²) in [7, 11) is 1.37. The number of rotatable bonds is 7. The Hall–Kier alpha value is -1.39. The number of nitrogens with one attached hydrogen (secondary N) is 1. The van der Waals surface area contributed by atoms with Crippen molar-refractivity contribution in [3.63, 3.8) is 0 Å². The molecule has 1 amide bonds. The highest BCUT2D eigenvalue weighted by atomic mass is 16.5. The zero-order valence-electron chi connectivity index (χ0n) is 22.2. The lowest BCUT2D eigenvalue weighted by Crippen LogP contribution is -2.53. The smallest absolute Gasteiger partial charge is 0.328 e. The molecule has 0 aromatic carbocycles. The van der Waals surface area contributed by atoms with E-state index in [9.17, 15) is 14.4 Å². The first-order chi connectivity index (χ1) is 16.1. The molecule has 34 heavy (non-hydrogen) atoms. The van der Waals surface area contributed by atoms with Crippen LogP contribution in [-0.4, -0.2) is 30.8 Å². The molecule has 4 aliphatic carbocycles. The first kappa shape index (κ1) is 25.7. The van der Waals surface area contributed by atoms with Gasteiger partial charge in [0.15, 0.2) is 0 Å². The number of hydrogen-bond acceptors (Lipinski definition) is 4. The predicted molar refractivity (Wildman–Crippen MR) is 133 cm³/mol. The van der Waals surface area contributed by atoms with Crippen LogP contribution < -0.4 is 5.32 Å². The maximum Gasteiger partial charge on any atom is 0.328 e. The molecule has 4 aliphatic rings. The molecule has 0 aromatic rings. The van der Waals surface area contributed by atoms with Gasteiger partial charge in [0, 0.05) is 19.3 Å². The Balaban J connectivity index is 1.33. The molecular formula is C29H47NO4. The van der Waals surface area contributed by atoms with E-state index in [2.05, 4.69) is 19.2 Å². The molecule has 4 rings (SSSR count). The number of Topliss-reactive ketones (excluding diaryl/α,β-unsaturated/α-hetero) is 1. The van der Waals surface area contributed by atoms with Crippen LogP contribution >= 0.6 is 0 Å². The van der Waals surface area contributed by atoms with Gasteiger partial charge in [0.25, 0.3) is 0 Å². The minimum atomic E-state index is -0.562. The second-order valence-electron chi connectivity index (χ2n) is 12.9. The van der Waals surface area contributed by atoms with Crippen LogP contribution in [0.15, 0.2) is 0 Å². The number of esters is 1. The van der Waals surface area contributed by atoms with Gasteiger partial charge in [-0.15, -0.1) is 0 Å². The van der Waals surface area contributed by atoms with Crippen LogP contribution in [0.5, 0.6) is 0 Å². The maximum absolute atomic E-state index is 12.6. The van der Waals surface area contributed by atoms with E-state index >= 15 is 0 Å². The monoisotopic (exact) mass is 473 g/mol. The fraction of sp³-hybridized carbons (Fsp3) is 0.897. The standard InChI is InChI=1S/C29H47NO4/c1-18(2)26(27(33)34-5)30-25(32)8-6-7-19-10-12-23-22-11-9-20-17-21(31)13-15-29(20,4)24(22)14-16-28(19,23)3/h18-20,22-24,26H,6-17H2,1-5H3,(H,30,32). The van der Waals surface area contributed by atoms with Crippen LogP contribution in [0.2, 0.25) is 0 Å². The molecule has 4 fully saturated rings. The minimum absolute atomic E-state index is 0.0142. The fourth-order valence-corrected chi connectivity index (χ4v) is 9.01. The summed E-state index contributed by atoms with van der Waals surface area (Å²) in [5, 5.41) is 2.89. The van der Waals surface area contributed by atoms with Crippen LogP contribution in [0.4, 0.5) is 0 Å². The lowest BCUT2D eigenvalue weighted by atomic mass is 9.44. The SMILES string of the molecule is COC(=O)C(NC(=O)CCCC1CCC2C3CCC4CC(=O)CCC4(C)C3CCC12C)C(C)C. The zero-order valence-corrected chi connectivity index (χ0v) is 22.2. The van der Waals surface area contributed by atoms with Crippen molar-refractivity contribution in [1.82, 2.24) is 5.32 Å². The molecule has 0 aromatic heterocycles. The lowest BCUT2D eigenvalue weighted by Gasteiger charge is -2.60. The van der Waals surface area contributed by atoms with Crippen molar-refractivity contribution in [2.75, 3.05) is 7.11 Å². The van der Waals surface area contributed by atoms with Crippen LogP contribution in [0.1, 0.15) is 105 Å². The molecule has 0 heterocycles. The quantitative estimate of drug-likeness (QED) is 0.482. The Morgan fingerprint density at radius 1 is 1.03 bits per heavy atom. The van der Waals surface area contributed by atoms with Crippen molar-refractivity contribution in [2.45, 2.75) is 111 Å². The third-order valence-corrected chi connectivity index (χ3v) is 11.1. The van der Waals surface area contributed by atoms with Gasteiger partial charge in [-0.2, -0.15) is 0 Å². The fourth-order valence-electron chi connectivity index (χ4n) is 9.01. The third kappa shape index (κ3) is 4.57. The van der Waals surface area contributed by atoms with E-state index in [0.717, 1.165) is 49.9 Å². The van der Waals surface area contributed by atoms with Crippen molar-refractivity contribution in [1.29, 1.82) is 0 Å². The minimum Gasteiger partial charge on any atom is -0.467 e. The molecule has 8 atom stereocenters. The average Bonchev–Trinajstić information content (AvgIpc) is 3.13. The second kappa shape index (κ2) is 9.93. The van der Waals surface area contributed by atoms with Crippen LogP contribution in [0.25, 0.3) is 0 Å². The van der Waals surface area contributed by atoms with Crippen molar-refractivity contribution in [2.24, 2.45) is 46.3 Å². The van der Waals surface area contributed by atoms with E-state index in [1.807, 2.05) is 13.8 Å². The third-order valence-electron chi connectivity index (χ3n) is 11.1. The largest absolute Gasteiger partial charge is 0.467 e. The highest BCUT2D eigenvalue weighted by molar-refractivity contribution is 5.84. The predicted octanol–water partition coefficient (Wildman–Crippen LogP) is 5.70. The summed E-state index contributed by atoms with van der Waals surface area (Å²) in [4.78, 5) is 36.6. The second-order valence-corrected chi connectivity index (χ2v) is 12.9. The van der Waals surface area contributed by atoms with Gasteiger partial charge in [0.05, 0.1) is 7.11 Å². The molecule has 0 aliphatic heterocycles. The number of carbonyl (C=O) groups excluding carboxylic acids is 3. The number of carbonyl (C=O) groups is 3. The van der Waals surface area contributed by atoms with Gasteiger partial charge in [-0.3, -0.25) is 9.59 Å². The van der Waals surface area contributed by atoms with Crippen molar-refractivity contribution in [3.8, 4) is 0 Å². The molecule has 0 spiro atoms. The lowest BCUT2D eigenvalue weighted by molar-refractivity contribution is -0.146. The van der Waals surface area contributed by atoms with Crippen LogP contribution in [-0.2, 0) is 19.1 Å². The molecule has 0 saturated heterocycles. The van der Waals surface area contributed by atoms with Gasteiger partial charge >= 0.3 is 5.97 Å². The van der Waals surface area contributed by atoms with E-state index in [-0.39, 0.29) is 17.8 Å². The summed E-state index contributed by atoms with van der Waals surface area (Å²) in [6.07, 6.45) is 13.1. The number of methoxy groups -OCH3 is 1. The molecule has 0 bridgehead atoms. The first-order valence-electron chi connectivity index (χ1n) is 14.0.